The number of aliphatic carboxylic acids is 1. The quantitative estimate of drug-likeness (QED) is 0.275. The summed E-state index contributed by atoms with van der Waals surface area (Å²) in [6, 6.07) is 3.18. The van der Waals surface area contributed by atoms with Crippen molar-refractivity contribution in [2.45, 2.75) is 99.1 Å². The molecule has 2 unspecified atom stereocenters. The summed E-state index contributed by atoms with van der Waals surface area (Å²) in [5, 5.41) is 9.65. The number of esters is 3. The molecule has 0 saturated carbocycles. The molecule has 0 bridgehead atoms. The zero-order chi connectivity index (χ0) is 28.5. The smallest absolute Gasteiger partial charge is 0.321 e. The van der Waals surface area contributed by atoms with Crippen molar-refractivity contribution in [1.29, 1.82) is 0 Å². The van der Waals surface area contributed by atoms with Crippen LogP contribution in [-0.2, 0) is 23.9 Å². The SMILES string of the molecule is CC(C)CC(=O)Oc1ccc(C(CC(C)OC(=O)CC(C)(C)C)[C@H](N)C(=O)O)cc1OC(=O)CC(C)C. The molecule has 3 atom stereocenters. The highest BCUT2D eigenvalue weighted by Crippen LogP contribution is 2.35. The van der Waals surface area contributed by atoms with Crippen LogP contribution in [0.25, 0.3) is 0 Å². The van der Waals surface area contributed by atoms with E-state index in [1.54, 1.807) is 13.0 Å². The van der Waals surface area contributed by atoms with Crippen LogP contribution in [0.2, 0.25) is 0 Å². The van der Waals surface area contributed by atoms with Crippen LogP contribution in [0, 0.1) is 17.3 Å². The molecule has 9 heteroatoms. The van der Waals surface area contributed by atoms with Crippen LogP contribution in [-0.4, -0.2) is 41.1 Å². The number of hydrogen-bond acceptors (Lipinski definition) is 8. The largest absolute Gasteiger partial charge is 0.480 e. The van der Waals surface area contributed by atoms with Crippen LogP contribution in [0.3, 0.4) is 0 Å². The standard InChI is InChI=1S/C28H43NO8/c1-16(2)11-23(30)36-21-10-9-19(14-22(21)37-24(31)12-17(3)4)20(26(29)27(33)34)13-18(5)35-25(32)15-28(6,7)8/h9-10,14,16-18,20,26H,11-13,15,29H2,1-8H3,(H,33,34)/t18?,20?,26-/m0/s1. The molecule has 37 heavy (non-hydrogen) atoms. The van der Waals surface area contributed by atoms with Crippen LogP contribution in [0.5, 0.6) is 11.5 Å². The third-order valence-electron chi connectivity index (χ3n) is 5.31. The van der Waals surface area contributed by atoms with Crippen molar-refractivity contribution in [3.05, 3.63) is 23.8 Å². The van der Waals surface area contributed by atoms with E-state index >= 15 is 0 Å². The molecule has 0 saturated heterocycles. The molecule has 0 aliphatic heterocycles. The van der Waals surface area contributed by atoms with Gasteiger partial charge in [-0.1, -0.05) is 54.5 Å². The van der Waals surface area contributed by atoms with E-state index in [0.717, 1.165) is 0 Å². The topological polar surface area (TPSA) is 142 Å². The van der Waals surface area contributed by atoms with Crippen molar-refractivity contribution in [3.63, 3.8) is 0 Å². The van der Waals surface area contributed by atoms with Gasteiger partial charge in [0.2, 0.25) is 0 Å². The van der Waals surface area contributed by atoms with Crippen LogP contribution >= 0.6 is 0 Å². The molecule has 0 aromatic heterocycles. The Morgan fingerprint density at radius 3 is 1.84 bits per heavy atom. The number of rotatable bonds is 13. The summed E-state index contributed by atoms with van der Waals surface area (Å²) in [6.45, 7) is 14.9. The number of ether oxygens (including phenoxy) is 3. The summed E-state index contributed by atoms with van der Waals surface area (Å²) in [5.74, 6) is -3.24. The van der Waals surface area contributed by atoms with Gasteiger partial charge in [-0.15, -0.1) is 0 Å². The Morgan fingerprint density at radius 1 is 0.865 bits per heavy atom. The highest BCUT2D eigenvalue weighted by atomic mass is 16.6. The van der Waals surface area contributed by atoms with Crippen molar-refractivity contribution < 1.29 is 38.5 Å². The number of nitrogens with two attached hydrogens (primary N) is 1. The highest BCUT2D eigenvalue weighted by molar-refractivity contribution is 5.77. The van der Waals surface area contributed by atoms with Crippen LogP contribution in [0.15, 0.2) is 18.2 Å². The first-order chi connectivity index (χ1) is 17.0. The molecular formula is C28H43NO8. The van der Waals surface area contributed by atoms with E-state index in [9.17, 15) is 24.3 Å². The first kappa shape index (κ1) is 32.1. The average molecular weight is 522 g/mol. The van der Waals surface area contributed by atoms with Gasteiger partial charge in [0.1, 0.15) is 6.04 Å². The molecule has 208 valence electrons. The Morgan fingerprint density at radius 2 is 1.38 bits per heavy atom. The Balaban J connectivity index is 3.32. The van der Waals surface area contributed by atoms with Gasteiger partial charge in [0.25, 0.3) is 0 Å². The highest BCUT2D eigenvalue weighted by Gasteiger charge is 2.30. The fraction of sp³-hybridized carbons (Fsp3) is 0.643. The Kier molecular flexibility index (Phi) is 12.2. The lowest BCUT2D eigenvalue weighted by Gasteiger charge is -2.26. The fourth-order valence-electron chi connectivity index (χ4n) is 3.68. The Bertz CT molecular complexity index is 948. The maximum absolute atomic E-state index is 12.4. The summed E-state index contributed by atoms with van der Waals surface area (Å²) >= 11 is 0. The number of benzene rings is 1. The Labute approximate surface area is 220 Å². The first-order valence-corrected chi connectivity index (χ1v) is 12.7. The Hall–Kier alpha value is -2.94. The second-order valence-electron chi connectivity index (χ2n) is 11.6. The van der Waals surface area contributed by atoms with Crippen LogP contribution in [0.1, 0.15) is 92.6 Å². The minimum Gasteiger partial charge on any atom is -0.480 e. The average Bonchev–Trinajstić information content (AvgIpc) is 2.70. The lowest BCUT2D eigenvalue weighted by Crippen LogP contribution is -2.38. The molecule has 0 radical (unpaired) electrons. The van der Waals surface area contributed by atoms with Gasteiger partial charge in [-0.05, 0) is 48.3 Å². The molecule has 0 heterocycles. The van der Waals surface area contributed by atoms with Gasteiger partial charge in [0, 0.05) is 18.8 Å². The van der Waals surface area contributed by atoms with Crippen molar-refractivity contribution in [2.24, 2.45) is 23.0 Å². The zero-order valence-corrected chi connectivity index (χ0v) is 23.3. The lowest BCUT2D eigenvalue weighted by molar-refractivity contribution is -0.151. The predicted octanol–water partition coefficient (Wildman–Crippen LogP) is 4.84. The van der Waals surface area contributed by atoms with Crippen molar-refractivity contribution in [1.82, 2.24) is 0 Å². The molecule has 0 amide bonds. The molecule has 9 nitrogen and oxygen atoms in total. The second-order valence-corrected chi connectivity index (χ2v) is 11.6. The van der Waals surface area contributed by atoms with E-state index < -0.39 is 41.9 Å². The maximum Gasteiger partial charge on any atom is 0.321 e. The molecular weight excluding hydrogens is 478 g/mol. The molecule has 0 aliphatic rings. The van der Waals surface area contributed by atoms with Crippen LogP contribution in [0.4, 0.5) is 0 Å². The van der Waals surface area contributed by atoms with Crippen LogP contribution < -0.4 is 15.2 Å². The molecule has 3 N–H and O–H groups in total. The molecule has 1 rings (SSSR count). The molecule has 0 aliphatic carbocycles. The first-order valence-electron chi connectivity index (χ1n) is 12.7. The minimum absolute atomic E-state index is 0.000209. The third kappa shape index (κ3) is 12.2. The third-order valence-corrected chi connectivity index (χ3v) is 5.31. The van der Waals surface area contributed by atoms with E-state index in [4.69, 9.17) is 19.9 Å². The predicted molar refractivity (Wildman–Crippen MR) is 139 cm³/mol. The van der Waals surface area contributed by atoms with E-state index in [1.165, 1.54) is 12.1 Å². The van der Waals surface area contributed by atoms with Gasteiger partial charge in [-0.25, -0.2) is 0 Å². The van der Waals surface area contributed by atoms with Gasteiger partial charge in [-0.2, -0.15) is 0 Å². The number of hydrogen-bond donors (Lipinski definition) is 2. The number of carbonyl (C=O) groups is 4. The lowest BCUT2D eigenvalue weighted by atomic mass is 9.86. The molecule has 1 aromatic carbocycles. The van der Waals surface area contributed by atoms with Gasteiger partial charge in [-0.3, -0.25) is 19.2 Å². The van der Waals surface area contributed by atoms with E-state index in [1.807, 2.05) is 48.5 Å². The molecule has 0 spiro atoms. The maximum atomic E-state index is 12.4. The van der Waals surface area contributed by atoms with Crippen molar-refractivity contribution in [2.75, 3.05) is 0 Å². The zero-order valence-electron chi connectivity index (χ0n) is 23.3. The normalized spacial score (nSPS) is 14.1. The monoisotopic (exact) mass is 521 g/mol. The summed E-state index contributed by atoms with van der Waals surface area (Å²) < 4.78 is 16.5. The van der Waals surface area contributed by atoms with Gasteiger partial charge in [0.15, 0.2) is 11.5 Å². The van der Waals surface area contributed by atoms with Gasteiger partial charge < -0.3 is 25.1 Å². The summed E-state index contributed by atoms with van der Waals surface area (Å²) in [5.41, 5.74) is 6.22. The number of carboxylic acids is 1. The number of carbonyl (C=O) groups excluding carboxylic acids is 3. The van der Waals surface area contributed by atoms with E-state index in [2.05, 4.69) is 0 Å². The minimum atomic E-state index is -1.32. The van der Waals surface area contributed by atoms with Crippen molar-refractivity contribution >= 4 is 23.9 Å². The van der Waals surface area contributed by atoms with Crippen molar-refractivity contribution in [3.8, 4) is 11.5 Å². The molecule has 0 fully saturated rings. The molecule has 1 aromatic rings. The summed E-state index contributed by atoms with van der Waals surface area (Å²) in [7, 11) is 0. The van der Waals surface area contributed by atoms with E-state index in [-0.39, 0.29) is 54.4 Å². The summed E-state index contributed by atoms with van der Waals surface area (Å²) in [4.78, 5) is 48.8. The van der Waals surface area contributed by atoms with E-state index in [0.29, 0.717) is 5.56 Å². The van der Waals surface area contributed by atoms with Gasteiger partial charge >= 0.3 is 23.9 Å². The fourth-order valence-corrected chi connectivity index (χ4v) is 3.68. The summed E-state index contributed by atoms with van der Waals surface area (Å²) in [6.07, 6.45) is 0.0167. The number of carboxylic acid groups (broad SMARTS) is 1. The van der Waals surface area contributed by atoms with Gasteiger partial charge in [0.05, 0.1) is 12.5 Å². The second kappa shape index (κ2) is 14.1.